The first-order chi connectivity index (χ1) is 9.33. The van der Waals surface area contributed by atoms with E-state index in [0.29, 0.717) is 13.2 Å². The maximum absolute atomic E-state index is 5.79. The predicted molar refractivity (Wildman–Crippen MR) is 77.3 cm³/mol. The fourth-order valence-corrected chi connectivity index (χ4v) is 1.91. The molecule has 0 spiro atoms. The quantitative estimate of drug-likeness (QED) is 0.864. The molecule has 1 unspecified atom stereocenters. The molecule has 2 aromatic rings. The van der Waals surface area contributed by atoms with E-state index in [-0.39, 0.29) is 5.92 Å². The largest absolute Gasteiger partial charge is 0.493 e. The van der Waals surface area contributed by atoms with Gasteiger partial charge in [-0.3, -0.25) is 4.98 Å². The van der Waals surface area contributed by atoms with Crippen molar-refractivity contribution in [3.8, 4) is 5.75 Å². The Hall–Kier alpha value is -1.87. The van der Waals surface area contributed by atoms with Crippen LogP contribution in [-0.2, 0) is 6.42 Å². The summed E-state index contributed by atoms with van der Waals surface area (Å²) in [5, 5.41) is 0. The van der Waals surface area contributed by atoms with Gasteiger partial charge in [-0.25, -0.2) is 0 Å². The monoisotopic (exact) mass is 256 g/mol. The van der Waals surface area contributed by atoms with E-state index in [1.54, 1.807) is 6.20 Å². The zero-order chi connectivity index (χ0) is 13.5. The van der Waals surface area contributed by atoms with Crippen LogP contribution >= 0.6 is 0 Å². The summed E-state index contributed by atoms with van der Waals surface area (Å²) < 4.78 is 5.79. The van der Waals surface area contributed by atoms with Crippen LogP contribution in [0.15, 0.2) is 48.7 Å². The Kier molecular flexibility index (Phi) is 4.93. The molecule has 0 radical (unpaired) electrons. The molecule has 1 heterocycles. The summed E-state index contributed by atoms with van der Waals surface area (Å²) in [6.07, 6.45) is 2.83. The van der Waals surface area contributed by atoms with Crippen LogP contribution in [0.3, 0.4) is 0 Å². The van der Waals surface area contributed by atoms with Crippen molar-refractivity contribution in [2.45, 2.75) is 19.3 Å². The van der Waals surface area contributed by atoms with Crippen molar-refractivity contribution in [2.75, 3.05) is 13.2 Å². The van der Waals surface area contributed by atoms with Crippen molar-refractivity contribution >= 4 is 0 Å². The van der Waals surface area contributed by atoms with Gasteiger partial charge in [-0.2, -0.15) is 0 Å². The Morgan fingerprint density at radius 1 is 1.16 bits per heavy atom. The van der Waals surface area contributed by atoms with Crippen molar-refractivity contribution in [2.24, 2.45) is 5.73 Å². The van der Waals surface area contributed by atoms with Crippen molar-refractivity contribution < 1.29 is 4.74 Å². The molecule has 2 N–H and O–H groups in total. The molecule has 0 saturated carbocycles. The smallest absolute Gasteiger partial charge is 0.119 e. The highest BCUT2D eigenvalue weighted by molar-refractivity contribution is 5.27. The lowest BCUT2D eigenvalue weighted by Crippen LogP contribution is -2.20. The first kappa shape index (κ1) is 13.6. The van der Waals surface area contributed by atoms with Gasteiger partial charge in [-0.05, 0) is 36.2 Å². The van der Waals surface area contributed by atoms with Gasteiger partial charge in [0.05, 0.1) is 6.61 Å². The van der Waals surface area contributed by atoms with E-state index in [0.717, 1.165) is 17.9 Å². The molecule has 0 aliphatic heterocycles. The van der Waals surface area contributed by atoms with Gasteiger partial charge < -0.3 is 10.5 Å². The van der Waals surface area contributed by atoms with Gasteiger partial charge in [0.25, 0.3) is 0 Å². The molecule has 0 aliphatic carbocycles. The molecular formula is C16H20N2O. The normalized spacial score (nSPS) is 12.1. The van der Waals surface area contributed by atoms with Crippen LogP contribution < -0.4 is 10.5 Å². The van der Waals surface area contributed by atoms with Crippen LogP contribution in [0.4, 0.5) is 0 Å². The number of aromatic nitrogens is 1. The second kappa shape index (κ2) is 6.90. The Morgan fingerprint density at radius 2 is 1.95 bits per heavy atom. The number of pyridine rings is 1. The van der Waals surface area contributed by atoms with Gasteiger partial charge in [0, 0.05) is 24.4 Å². The first-order valence-corrected chi connectivity index (χ1v) is 6.66. The highest BCUT2D eigenvalue weighted by atomic mass is 16.5. The molecule has 3 nitrogen and oxygen atoms in total. The van der Waals surface area contributed by atoms with Gasteiger partial charge in [0.2, 0.25) is 0 Å². The summed E-state index contributed by atoms with van der Waals surface area (Å²) in [6.45, 7) is 3.23. The van der Waals surface area contributed by atoms with E-state index in [4.69, 9.17) is 10.5 Å². The molecule has 19 heavy (non-hydrogen) atoms. The van der Waals surface area contributed by atoms with Crippen LogP contribution in [0.1, 0.15) is 24.1 Å². The molecule has 0 saturated heterocycles. The summed E-state index contributed by atoms with van der Waals surface area (Å²) in [6, 6.07) is 14.1. The zero-order valence-electron chi connectivity index (χ0n) is 11.3. The third-order valence-corrected chi connectivity index (χ3v) is 3.17. The number of ether oxygens (including phenoxy) is 1. The van der Waals surface area contributed by atoms with Crippen molar-refractivity contribution in [1.29, 1.82) is 0 Å². The minimum absolute atomic E-state index is 0.132. The maximum atomic E-state index is 5.79. The summed E-state index contributed by atoms with van der Waals surface area (Å²) in [5.74, 6) is 1.01. The third-order valence-electron chi connectivity index (χ3n) is 3.17. The summed E-state index contributed by atoms with van der Waals surface area (Å²) in [7, 11) is 0. The third kappa shape index (κ3) is 3.80. The second-order valence-corrected chi connectivity index (χ2v) is 4.50. The van der Waals surface area contributed by atoms with Gasteiger partial charge in [0.15, 0.2) is 0 Å². The van der Waals surface area contributed by atoms with Crippen LogP contribution in [0.2, 0.25) is 0 Å². The second-order valence-electron chi connectivity index (χ2n) is 4.50. The van der Waals surface area contributed by atoms with Crippen LogP contribution in [-0.4, -0.2) is 18.1 Å². The average Bonchev–Trinajstić information content (AvgIpc) is 2.49. The topological polar surface area (TPSA) is 48.1 Å². The lowest BCUT2D eigenvalue weighted by Gasteiger charge is -2.15. The highest BCUT2D eigenvalue weighted by Gasteiger charge is 2.11. The van der Waals surface area contributed by atoms with Crippen LogP contribution in [0, 0.1) is 0 Å². The number of rotatable bonds is 6. The molecular weight excluding hydrogens is 236 g/mol. The Balaban J connectivity index is 1.96. The highest BCUT2D eigenvalue weighted by Crippen LogP contribution is 2.17. The lowest BCUT2D eigenvalue weighted by molar-refractivity contribution is 0.288. The summed E-state index contributed by atoms with van der Waals surface area (Å²) in [4.78, 5) is 4.33. The first-order valence-electron chi connectivity index (χ1n) is 6.66. The molecule has 100 valence electrons. The molecule has 0 fully saturated rings. The molecule has 0 amide bonds. The van der Waals surface area contributed by atoms with E-state index in [2.05, 4.69) is 24.0 Å². The Morgan fingerprint density at radius 3 is 2.53 bits per heavy atom. The number of aryl methyl sites for hydroxylation is 1. The van der Waals surface area contributed by atoms with E-state index >= 15 is 0 Å². The number of nitrogens with zero attached hydrogens (tertiary/aromatic N) is 1. The lowest BCUT2D eigenvalue weighted by atomic mass is 10.1. The van der Waals surface area contributed by atoms with Gasteiger partial charge in [-0.1, -0.05) is 25.1 Å². The molecule has 1 aromatic carbocycles. The van der Waals surface area contributed by atoms with Crippen LogP contribution in [0.5, 0.6) is 5.75 Å². The van der Waals surface area contributed by atoms with E-state index in [1.807, 2.05) is 30.3 Å². The number of hydrogen-bond acceptors (Lipinski definition) is 3. The fraction of sp³-hybridized carbons (Fsp3) is 0.312. The van der Waals surface area contributed by atoms with Crippen molar-refractivity contribution in [1.82, 2.24) is 4.98 Å². The maximum Gasteiger partial charge on any atom is 0.119 e. The van der Waals surface area contributed by atoms with Gasteiger partial charge in [-0.15, -0.1) is 0 Å². The van der Waals surface area contributed by atoms with E-state index in [1.165, 1.54) is 5.56 Å². The predicted octanol–water partition coefficient (Wildman–Crippen LogP) is 2.77. The van der Waals surface area contributed by atoms with Gasteiger partial charge in [0.1, 0.15) is 5.75 Å². The van der Waals surface area contributed by atoms with Gasteiger partial charge >= 0.3 is 0 Å². The summed E-state index contributed by atoms with van der Waals surface area (Å²) >= 11 is 0. The zero-order valence-corrected chi connectivity index (χ0v) is 11.3. The summed E-state index contributed by atoms with van der Waals surface area (Å²) in [5.41, 5.74) is 8.09. The fourth-order valence-electron chi connectivity index (χ4n) is 1.91. The molecule has 1 aromatic heterocycles. The Labute approximate surface area is 114 Å². The molecule has 0 aliphatic rings. The van der Waals surface area contributed by atoms with E-state index in [9.17, 15) is 0 Å². The minimum atomic E-state index is 0.132. The number of hydrogen-bond donors (Lipinski definition) is 1. The number of nitrogens with two attached hydrogens (primary N) is 1. The van der Waals surface area contributed by atoms with E-state index < -0.39 is 0 Å². The van der Waals surface area contributed by atoms with Crippen molar-refractivity contribution in [3.05, 3.63) is 59.9 Å². The molecule has 1 atom stereocenters. The SMILES string of the molecule is CCc1ccc(OCC(CN)c2ccccn2)cc1. The van der Waals surface area contributed by atoms with Crippen LogP contribution in [0.25, 0.3) is 0 Å². The number of benzene rings is 1. The Bertz CT molecular complexity index is 482. The van der Waals surface area contributed by atoms with Crippen molar-refractivity contribution in [3.63, 3.8) is 0 Å². The molecule has 0 bridgehead atoms. The average molecular weight is 256 g/mol. The minimum Gasteiger partial charge on any atom is -0.493 e. The standard InChI is InChI=1S/C16H20N2O/c1-2-13-6-8-15(9-7-13)19-12-14(11-17)16-5-3-4-10-18-16/h3-10,14H,2,11-12,17H2,1H3. The molecule has 2 rings (SSSR count). The molecule has 3 heteroatoms.